The number of hydrogen-bond donors (Lipinski definition) is 1. The highest BCUT2D eigenvalue weighted by Gasteiger charge is 2.47. The minimum atomic E-state index is -0.105. The number of fused-ring (bicyclic) bond motifs is 1. The molecule has 2 fully saturated rings. The van der Waals surface area contributed by atoms with Crippen molar-refractivity contribution in [3.05, 3.63) is 71.4 Å². The van der Waals surface area contributed by atoms with Crippen molar-refractivity contribution in [2.24, 2.45) is 11.3 Å². The van der Waals surface area contributed by atoms with Gasteiger partial charge in [0, 0.05) is 24.2 Å². The van der Waals surface area contributed by atoms with E-state index >= 15 is 0 Å². The molecule has 1 N–H and O–H groups in total. The minimum Gasteiger partial charge on any atom is -0.466 e. The standard InChI is InChI=1S/C31H35N3O3/c1-2-37-28(35)19-31(25-7-3-4-8-25)16-14-26(18-31)33-30(36)27-9-5-6-24-15-17-34(29(24)27)21-23-12-10-22(20-32)11-13-23/h5-6,9-13,15,17,25-26H,2-4,7-8,14,16,18-19,21H2,1H3,(H,33,36). The van der Waals surface area contributed by atoms with Crippen molar-refractivity contribution >= 4 is 22.8 Å². The fraction of sp³-hybridized carbons (Fsp3) is 0.452. The number of nitrogens with zero attached hydrogens (tertiary/aromatic N) is 2. The maximum absolute atomic E-state index is 13.6. The highest BCUT2D eigenvalue weighted by Crippen LogP contribution is 2.53. The molecule has 1 amide bonds. The molecule has 5 rings (SSSR count). The molecule has 6 heteroatoms. The molecule has 192 valence electrons. The first kappa shape index (κ1) is 25.1. The van der Waals surface area contributed by atoms with E-state index < -0.39 is 0 Å². The summed E-state index contributed by atoms with van der Waals surface area (Å²) in [4.78, 5) is 26.1. The lowest BCUT2D eigenvalue weighted by Crippen LogP contribution is -2.36. The number of para-hydroxylation sites is 1. The summed E-state index contributed by atoms with van der Waals surface area (Å²) >= 11 is 0. The smallest absolute Gasteiger partial charge is 0.306 e. The Morgan fingerprint density at radius 2 is 1.89 bits per heavy atom. The normalized spacial score (nSPS) is 21.7. The third kappa shape index (κ3) is 5.27. The molecule has 2 atom stereocenters. The lowest BCUT2D eigenvalue weighted by atomic mass is 9.70. The number of carbonyl (C=O) groups is 2. The van der Waals surface area contributed by atoms with Crippen LogP contribution in [-0.4, -0.2) is 29.1 Å². The molecule has 2 aliphatic rings. The fourth-order valence-electron chi connectivity index (χ4n) is 6.71. The zero-order valence-electron chi connectivity index (χ0n) is 21.5. The second-order valence-corrected chi connectivity index (χ2v) is 10.7. The average molecular weight is 498 g/mol. The van der Waals surface area contributed by atoms with Gasteiger partial charge in [-0.25, -0.2) is 0 Å². The van der Waals surface area contributed by atoms with E-state index in [0.717, 1.165) is 35.7 Å². The molecule has 0 bridgehead atoms. The molecule has 1 heterocycles. The highest BCUT2D eigenvalue weighted by molar-refractivity contribution is 6.06. The van der Waals surface area contributed by atoms with Gasteiger partial charge in [0.15, 0.2) is 0 Å². The number of nitrogens with one attached hydrogen (secondary N) is 1. The van der Waals surface area contributed by atoms with Gasteiger partial charge in [0.1, 0.15) is 0 Å². The third-order valence-corrected chi connectivity index (χ3v) is 8.47. The van der Waals surface area contributed by atoms with Crippen molar-refractivity contribution in [1.29, 1.82) is 5.26 Å². The van der Waals surface area contributed by atoms with Gasteiger partial charge in [-0.2, -0.15) is 5.26 Å². The van der Waals surface area contributed by atoms with E-state index in [1.807, 2.05) is 61.7 Å². The molecule has 0 radical (unpaired) electrons. The largest absolute Gasteiger partial charge is 0.466 e. The van der Waals surface area contributed by atoms with E-state index in [1.54, 1.807) is 0 Å². The summed E-state index contributed by atoms with van der Waals surface area (Å²) in [5.74, 6) is 0.368. The van der Waals surface area contributed by atoms with Crippen LogP contribution in [0.4, 0.5) is 0 Å². The molecule has 2 unspecified atom stereocenters. The maximum atomic E-state index is 13.6. The van der Waals surface area contributed by atoms with Gasteiger partial charge in [-0.1, -0.05) is 37.1 Å². The number of aromatic nitrogens is 1. The Kier molecular flexibility index (Phi) is 7.32. The Bertz CT molecular complexity index is 1310. The molecule has 1 aromatic heterocycles. The summed E-state index contributed by atoms with van der Waals surface area (Å²) < 4.78 is 7.44. The first-order chi connectivity index (χ1) is 18.0. The molecule has 3 aromatic rings. The van der Waals surface area contributed by atoms with E-state index in [9.17, 15) is 9.59 Å². The van der Waals surface area contributed by atoms with Gasteiger partial charge in [0.2, 0.25) is 0 Å². The number of hydrogen-bond acceptors (Lipinski definition) is 4. The molecule has 6 nitrogen and oxygen atoms in total. The van der Waals surface area contributed by atoms with E-state index in [0.29, 0.717) is 36.6 Å². The SMILES string of the molecule is CCOC(=O)CC1(C2CCCC2)CCC(NC(=O)c2cccc3ccn(Cc4ccc(C#N)cc4)c23)C1. The van der Waals surface area contributed by atoms with Crippen LogP contribution in [0.1, 0.15) is 79.8 Å². The monoisotopic (exact) mass is 497 g/mol. The summed E-state index contributed by atoms with van der Waals surface area (Å²) in [5, 5.41) is 13.4. The van der Waals surface area contributed by atoms with E-state index in [1.165, 1.54) is 25.7 Å². The quantitative estimate of drug-likeness (QED) is 0.389. The highest BCUT2D eigenvalue weighted by atomic mass is 16.5. The van der Waals surface area contributed by atoms with Crippen molar-refractivity contribution in [3.63, 3.8) is 0 Å². The Hall–Kier alpha value is -3.59. The fourth-order valence-corrected chi connectivity index (χ4v) is 6.71. The van der Waals surface area contributed by atoms with Crippen LogP contribution in [0.3, 0.4) is 0 Å². The van der Waals surface area contributed by atoms with Gasteiger partial charge in [-0.15, -0.1) is 0 Å². The second-order valence-electron chi connectivity index (χ2n) is 10.7. The molecule has 0 spiro atoms. The summed E-state index contributed by atoms with van der Waals surface area (Å²) in [7, 11) is 0. The van der Waals surface area contributed by atoms with Crippen LogP contribution < -0.4 is 5.32 Å². The van der Waals surface area contributed by atoms with Gasteiger partial charge in [-0.3, -0.25) is 9.59 Å². The molecule has 0 saturated heterocycles. The van der Waals surface area contributed by atoms with Gasteiger partial charge in [-0.05, 0) is 80.2 Å². The molecule has 2 aliphatic carbocycles. The predicted octanol–water partition coefficient (Wildman–Crippen LogP) is 5.97. The minimum absolute atomic E-state index is 0.0553. The van der Waals surface area contributed by atoms with Crippen LogP contribution in [0.2, 0.25) is 0 Å². The number of ether oxygens (including phenoxy) is 1. The molecule has 0 aliphatic heterocycles. The number of esters is 1. The van der Waals surface area contributed by atoms with Crippen molar-refractivity contribution < 1.29 is 14.3 Å². The maximum Gasteiger partial charge on any atom is 0.306 e. The van der Waals surface area contributed by atoms with E-state index in [2.05, 4.69) is 16.0 Å². The lowest BCUT2D eigenvalue weighted by Gasteiger charge is -2.35. The second kappa shape index (κ2) is 10.8. The zero-order chi connectivity index (χ0) is 25.8. The Balaban J connectivity index is 1.34. The Morgan fingerprint density at radius 1 is 1.11 bits per heavy atom. The van der Waals surface area contributed by atoms with Gasteiger partial charge in [0.05, 0.1) is 35.7 Å². The third-order valence-electron chi connectivity index (χ3n) is 8.47. The first-order valence-corrected chi connectivity index (χ1v) is 13.5. The summed E-state index contributed by atoms with van der Waals surface area (Å²) in [6.45, 7) is 2.88. The molecule has 2 aromatic carbocycles. The van der Waals surface area contributed by atoms with Crippen molar-refractivity contribution in [2.45, 2.75) is 70.9 Å². The number of benzene rings is 2. The molecular formula is C31H35N3O3. The van der Waals surface area contributed by atoms with Gasteiger partial charge < -0.3 is 14.6 Å². The van der Waals surface area contributed by atoms with Crippen molar-refractivity contribution in [1.82, 2.24) is 9.88 Å². The van der Waals surface area contributed by atoms with Crippen molar-refractivity contribution in [3.8, 4) is 6.07 Å². The Labute approximate surface area is 218 Å². The van der Waals surface area contributed by atoms with Crippen molar-refractivity contribution in [2.75, 3.05) is 6.61 Å². The summed E-state index contributed by atoms with van der Waals surface area (Å²) in [6.07, 6.45) is 9.95. The predicted molar refractivity (Wildman–Crippen MR) is 143 cm³/mol. The van der Waals surface area contributed by atoms with Crippen LogP contribution >= 0.6 is 0 Å². The molecule has 2 saturated carbocycles. The topological polar surface area (TPSA) is 84.1 Å². The van der Waals surface area contributed by atoms with Gasteiger partial charge >= 0.3 is 5.97 Å². The van der Waals surface area contributed by atoms with Crippen LogP contribution in [-0.2, 0) is 16.1 Å². The summed E-state index contributed by atoms with van der Waals surface area (Å²) in [5.41, 5.74) is 3.22. The number of carbonyl (C=O) groups excluding carboxylic acids is 2. The van der Waals surface area contributed by atoms with Crippen LogP contribution in [0, 0.1) is 22.7 Å². The average Bonchev–Trinajstić information content (AvgIpc) is 3.66. The van der Waals surface area contributed by atoms with Gasteiger partial charge in [0.25, 0.3) is 5.91 Å². The molecular weight excluding hydrogens is 462 g/mol. The zero-order valence-corrected chi connectivity index (χ0v) is 21.5. The summed E-state index contributed by atoms with van der Waals surface area (Å²) in [6, 6.07) is 17.7. The van der Waals surface area contributed by atoms with Crippen LogP contribution in [0.5, 0.6) is 0 Å². The first-order valence-electron chi connectivity index (χ1n) is 13.5. The van der Waals surface area contributed by atoms with E-state index in [4.69, 9.17) is 10.00 Å². The van der Waals surface area contributed by atoms with Crippen LogP contribution in [0.15, 0.2) is 54.7 Å². The number of amides is 1. The lowest BCUT2D eigenvalue weighted by molar-refractivity contribution is -0.147. The number of nitriles is 1. The van der Waals surface area contributed by atoms with Crippen LogP contribution in [0.25, 0.3) is 10.9 Å². The molecule has 37 heavy (non-hydrogen) atoms. The van der Waals surface area contributed by atoms with E-state index in [-0.39, 0.29) is 23.3 Å². The number of rotatable bonds is 8. The Morgan fingerprint density at radius 3 is 2.62 bits per heavy atom.